The van der Waals surface area contributed by atoms with E-state index in [2.05, 4.69) is 28.2 Å². The van der Waals surface area contributed by atoms with Crippen LogP contribution in [0.1, 0.15) is 28.8 Å². The summed E-state index contributed by atoms with van der Waals surface area (Å²) in [6, 6.07) is 10.7. The highest BCUT2D eigenvalue weighted by atomic mass is 16.5. The largest absolute Gasteiger partial charge is 0.493 e. The molecule has 0 aliphatic heterocycles. The molecule has 2 aromatic carbocycles. The van der Waals surface area contributed by atoms with E-state index in [4.69, 9.17) is 9.47 Å². The Kier molecular flexibility index (Phi) is 3.81. The zero-order chi connectivity index (χ0) is 16.5. The van der Waals surface area contributed by atoms with Crippen LogP contribution in [0.2, 0.25) is 0 Å². The minimum atomic E-state index is 0.687. The average Bonchev–Trinajstić information content (AvgIpc) is 3.08. The van der Waals surface area contributed by atoms with Crippen molar-refractivity contribution in [2.24, 2.45) is 0 Å². The van der Waals surface area contributed by atoms with Gasteiger partial charge in [0.15, 0.2) is 11.5 Å². The number of methoxy groups -OCH3 is 2. The van der Waals surface area contributed by atoms with Crippen LogP contribution < -0.4 is 9.47 Å². The van der Waals surface area contributed by atoms with Crippen LogP contribution in [0.25, 0.3) is 10.9 Å². The number of hydrogen-bond acceptors (Lipinski definition) is 4. The van der Waals surface area contributed by atoms with Gasteiger partial charge < -0.3 is 9.47 Å². The molecular weight excluding hydrogens is 300 g/mol. The molecule has 0 radical (unpaired) electrons. The van der Waals surface area contributed by atoms with Crippen molar-refractivity contribution >= 4 is 10.9 Å². The Morgan fingerprint density at radius 2 is 1.71 bits per heavy atom. The van der Waals surface area contributed by atoms with Gasteiger partial charge in [-0.2, -0.15) is 0 Å². The average molecular weight is 320 g/mol. The lowest BCUT2D eigenvalue weighted by Gasteiger charge is -2.11. The molecule has 1 aliphatic rings. The van der Waals surface area contributed by atoms with E-state index in [1.54, 1.807) is 20.5 Å². The maximum Gasteiger partial charge on any atom is 0.162 e. The third-order valence-corrected chi connectivity index (χ3v) is 4.76. The summed E-state index contributed by atoms with van der Waals surface area (Å²) in [6.07, 6.45) is 6.09. The molecular formula is C20H20N2O2. The first kappa shape index (κ1) is 14.9. The standard InChI is InChI=1S/C20H20N2O2/c1-23-19-10-16-17(21-12-22-18(16)11-20(19)24-2)9-13-6-7-14-4-3-5-15(14)8-13/h6-8,10-12H,3-5,9H2,1-2H3. The summed E-state index contributed by atoms with van der Waals surface area (Å²) in [5.41, 5.74) is 6.17. The number of aromatic nitrogens is 2. The highest BCUT2D eigenvalue weighted by Crippen LogP contribution is 2.33. The maximum absolute atomic E-state index is 5.43. The molecule has 4 nitrogen and oxygen atoms in total. The van der Waals surface area contributed by atoms with Gasteiger partial charge >= 0.3 is 0 Å². The molecule has 1 aromatic heterocycles. The van der Waals surface area contributed by atoms with Crippen LogP contribution in [-0.4, -0.2) is 24.2 Å². The van der Waals surface area contributed by atoms with Crippen LogP contribution in [0.5, 0.6) is 11.5 Å². The Hall–Kier alpha value is -2.62. The third-order valence-electron chi connectivity index (χ3n) is 4.76. The fraction of sp³-hybridized carbons (Fsp3) is 0.300. The Morgan fingerprint density at radius 1 is 0.917 bits per heavy atom. The molecule has 0 atom stereocenters. The molecule has 0 bridgehead atoms. The summed E-state index contributed by atoms with van der Waals surface area (Å²) >= 11 is 0. The van der Waals surface area contributed by atoms with Gasteiger partial charge in [-0.15, -0.1) is 0 Å². The number of benzene rings is 2. The minimum absolute atomic E-state index is 0.687. The number of rotatable bonds is 4. The summed E-state index contributed by atoms with van der Waals surface area (Å²) < 4.78 is 10.8. The number of fused-ring (bicyclic) bond motifs is 2. The van der Waals surface area contributed by atoms with Crippen molar-refractivity contribution in [2.75, 3.05) is 14.2 Å². The second kappa shape index (κ2) is 6.11. The van der Waals surface area contributed by atoms with E-state index in [-0.39, 0.29) is 0 Å². The number of nitrogens with zero attached hydrogens (tertiary/aromatic N) is 2. The Bertz CT molecular complexity index is 906. The van der Waals surface area contributed by atoms with Crippen molar-refractivity contribution < 1.29 is 9.47 Å². The second-order valence-corrected chi connectivity index (χ2v) is 6.18. The number of hydrogen-bond donors (Lipinski definition) is 0. The predicted molar refractivity (Wildman–Crippen MR) is 93.9 cm³/mol. The number of aryl methyl sites for hydroxylation is 2. The summed E-state index contributed by atoms with van der Waals surface area (Å²) in [6.45, 7) is 0. The van der Waals surface area contributed by atoms with E-state index in [1.807, 2.05) is 12.1 Å². The molecule has 1 aliphatic carbocycles. The van der Waals surface area contributed by atoms with Gasteiger partial charge in [-0.25, -0.2) is 9.97 Å². The minimum Gasteiger partial charge on any atom is -0.493 e. The molecule has 0 saturated heterocycles. The Morgan fingerprint density at radius 3 is 2.54 bits per heavy atom. The van der Waals surface area contributed by atoms with Crippen molar-refractivity contribution in [1.29, 1.82) is 0 Å². The summed E-state index contributed by atoms with van der Waals surface area (Å²) in [4.78, 5) is 8.90. The van der Waals surface area contributed by atoms with Crippen molar-refractivity contribution in [3.05, 3.63) is 59.0 Å². The van der Waals surface area contributed by atoms with Gasteiger partial charge in [-0.3, -0.25) is 0 Å². The van der Waals surface area contributed by atoms with Crippen LogP contribution in [0, 0.1) is 0 Å². The van der Waals surface area contributed by atoms with Crippen LogP contribution in [0.3, 0.4) is 0 Å². The smallest absolute Gasteiger partial charge is 0.162 e. The van der Waals surface area contributed by atoms with Gasteiger partial charge in [0, 0.05) is 17.9 Å². The number of ether oxygens (including phenoxy) is 2. The predicted octanol–water partition coefficient (Wildman–Crippen LogP) is 3.73. The fourth-order valence-corrected chi connectivity index (χ4v) is 3.51. The topological polar surface area (TPSA) is 44.2 Å². The lowest BCUT2D eigenvalue weighted by Crippen LogP contribution is -1.98. The zero-order valence-electron chi connectivity index (χ0n) is 14.0. The molecule has 0 spiro atoms. The zero-order valence-corrected chi connectivity index (χ0v) is 14.0. The molecule has 4 heteroatoms. The maximum atomic E-state index is 5.43. The molecule has 0 fully saturated rings. The first-order chi connectivity index (χ1) is 11.8. The van der Waals surface area contributed by atoms with Crippen molar-refractivity contribution in [3.8, 4) is 11.5 Å². The highest BCUT2D eigenvalue weighted by Gasteiger charge is 2.14. The van der Waals surface area contributed by atoms with Gasteiger partial charge in [0.2, 0.25) is 0 Å². The molecule has 0 unspecified atom stereocenters. The van der Waals surface area contributed by atoms with Crippen molar-refractivity contribution in [2.45, 2.75) is 25.7 Å². The SMILES string of the molecule is COc1cc2ncnc(Cc3ccc4c(c3)CCC4)c2cc1OC. The van der Waals surface area contributed by atoms with Crippen LogP contribution in [0.4, 0.5) is 0 Å². The van der Waals surface area contributed by atoms with E-state index >= 15 is 0 Å². The molecule has 4 rings (SSSR count). The molecule has 3 aromatic rings. The summed E-state index contributed by atoms with van der Waals surface area (Å²) in [7, 11) is 3.28. The van der Waals surface area contributed by atoms with Crippen molar-refractivity contribution in [3.63, 3.8) is 0 Å². The Labute approximate surface area is 141 Å². The van der Waals surface area contributed by atoms with Crippen LogP contribution in [0.15, 0.2) is 36.7 Å². The van der Waals surface area contributed by atoms with Gasteiger partial charge in [-0.05, 0) is 42.0 Å². The van der Waals surface area contributed by atoms with Gasteiger partial charge in [0.05, 0.1) is 25.4 Å². The van der Waals surface area contributed by atoms with Gasteiger partial charge in [-0.1, -0.05) is 18.2 Å². The van der Waals surface area contributed by atoms with E-state index in [0.29, 0.717) is 11.5 Å². The molecule has 24 heavy (non-hydrogen) atoms. The summed E-state index contributed by atoms with van der Waals surface area (Å²) in [5, 5.41) is 1.01. The monoisotopic (exact) mass is 320 g/mol. The van der Waals surface area contributed by atoms with Gasteiger partial charge in [0.25, 0.3) is 0 Å². The quantitative estimate of drug-likeness (QED) is 0.735. The third kappa shape index (κ3) is 2.58. The first-order valence-electron chi connectivity index (χ1n) is 8.25. The lowest BCUT2D eigenvalue weighted by molar-refractivity contribution is 0.355. The molecule has 0 amide bonds. The fourth-order valence-electron chi connectivity index (χ4n) is 3.51. The van der Waals surface area contributed by atoms with Gasteiger partial charge in [0.1, 0.15) is 6.33 Å². The van der Waals surface area contributed by atoms with Crippen LogP contribution >= 0.6 is 0 Å². The molecule has 0 N–H and O–H groups in total. The highest BCUT2D eigenvalue weighted by molar-refractivity contribution is 5.84. The van der Waals surface area contributed by atoms with Crippen molar-refractivity contribution in [1.82, 2.24) is 9.97 Å². The molecule has 1 heterocycles. The summed E-state index contributed by atoms with van der Waals surface area (Å²) in [5.74, 6) is 1.39. The Balaban J connectivity index is 1.76. The normalized spacial score (nSPS) is 13.1. The van der Waals surface area contributed by atoms with E-state index in [0.717, 1.165) is 23.0 Å². The van der Waals surface area contributed by atoms with E-state index in [1.165, 1.54) is 36.0 Å². The lowest BCUT2D eigenvalue weighted by atomic mass is 10.0. The van der Waals surface area contributed by atoms with Crippen LogP contribution in [-0.2, 0) is 19.3 Å². The van der Waals surface area contributed by atoms with E-state index < -0.39 is 0 Å². The molecule has 0 saturated carbocycles. The second-order valence-electron chi connectivity index (χ2n) is 6.18. The first-order valence-corrected chi connectivity index (χ1v) is 8.25. The molecule has 122 valence electrons. The van der Waals surface area contributed by atoms with E-state index in [9.17, 15) is 0 Å².